The zero-order chi connectivity index (χ0) is 16.1. The summed E-state index contributed by atoms with van der Waals surface area (Å²) in [7, 11) is 0. The van der Waals surface area contributed by atoms with E-state index in [0.29, 0.717) is 19.0 Å². The van der Waals surface area contributed by atoms with Crippen LogP contribution in [0.15, 0.2) is 30.3 Å². The van der Waals surface area contributed by atoms with E-state index in [1.165, 1.54) is 0 Å². The molecule has 4 rings (SSSR count). The molecule has 2 bridgehead atoms. The smallest absolute Gasteiger partial charge is 0.314 e. The fourth-order valence-corrected chi connectivity index (χ4v) is 3.36. The Morgan fingerprint density at radius 3 is 2.57 bits per heavy atom. The van der Waals surface area contributed by atoms with E-state index >= 15 is 0 Å². The molecule has 0 spiro atoms. The van der Waals surface area contributed by atoms with E-state index < -0.39 is 6.10 Å². The van der Waals surface area contributed by atoms with Gasteiger partial charge in [0.05, 0.1) is 6.10 Å². The Balaban J connectivity index is 1.33. The number of piperazine rings is 3. The lowest BCUT2D eigenvalue weighted by molar-refractivity contribution is 0.0147. The number of carbonyl (C=O) groups is 1. The minimum Gasteiger partial charge on any atom is -0.391 e. The van der Waals surface area contributed by atoms with E-state index in [-0.39, 0.29) is 12.6 Å². The Morgan fingerprint density at radius 2 is 1.91 bits per heavy atom. The van der Waals surface area contributed by atoms with Gasteiger partial charge >= 0.3 is 6.03 Å². The zero-order valence-corrected chi connectivity index (χ0v) is 13.4. The van der Waals surface area contributed by atoms with Crippen LogP contribution in [0.1, 0.15) is 5.56 Å². The molecule has 6 heteroatoms. The third-order valence-electron chi connectivity index (χ3n) is 4.70. The average molecular weight is 318 g/mol. The standard InChI is InChI=1S/C17H26N4O2/c22-16(10-14-4-2-1-3-5-14)12-19-17(23)18-11-15-13-20-6-8-21(15)9-7-20/h1-5,15-16,22H,6-13H2,(H2,18,19,23). The second-order valence-electron chi connectivity index (χ2n) is 6.42. The lowest BCUT2D eigenvalue weighted by atomic mass is 10.1. The molecule has 0 aliphatic carbocycles. The summed E-state index contributed by atoms with van der Waals surface area (Å²) in [6.45, 7) is 6.46. The number of amides is 2. The van der Waals surface area contributed by atoms with Crippen LogP contribution in [0, 0.1) is 0 Å². The summed E-state index contributed by atoms with van der Waals surface area (Å²) in [5.74, 6) is 0. The Kier molecular flexibility index (Phi) is 5.48. The fraction of sp³-hybridized carbons (Fsp3) is 0.588. The van der Waals surface area contributed by atoms with Gasteiger partial charge < -0.3 is 15.7 Å². The Bertz CT molecular complexity index is 503. The first kappa shape index (κ1) is 16.2. The second-order valence-corrected chi connectivity index (χ2v) is 6.42. The molecule has 2 atom stereocenters. The van der Waals surface area contributed by atoms with Crippen LogP contribution in [0.2, 0.25) is 0 Å². The molecule has 0 aromatic heterocycles. The van der Waals surface area contributed by atoms with E-state index in [1.807, 2.05) is 30.3 Å². The third-order valence-corrected chi connectivity index (χ3v) is 4.70. The van der Waals surface area contributed by atoms with Crippen molar-refractivity contribution in [3.63, 3.8) is 0 Å². The number of carbonyl (C=O) groups excluding carboxylic acids is 1. The molecule has 1 aromatic rings. The number of fused-ring (bicyclic) bond motifs is 3. The molecule has 2 amide bonds. The highest BCUT2D eigenvalue weighted by molar-refractivity contribution is 5.73. The first-order valence-corrected chi connectivity index (χ1v) is 8.41. The summed E-state index contributed by atoms with van der Waals surface area (Å²) < 4.78 is 0. The van der Waals surface area contributed by atoms with Gasteiger partial charge in [-0.25, -0.2) is 4.79 Å². The number of urea groups is 1. The predicted octanol–water partition coefficient (Wildman–Crippen LogP) is -0.111. The monoisotopic (exact) mass is 318 g/mol. The van der Waals surface area contributed by atoms with Crippen LogP contribution in [0.5, 0.6) is 0 Å². The van der Waals surface area contributed by atoms with Crippen LogP contribution in [0.3, 0.4) is 0 Å². The van der Waals surface area contributed by atoms with Crippen molar-refractivity contribution in [1.29, 1.82) is 0 Å². The largest absolute Gasteiger partial charge is 0.391 e. The topological polar surface area (TPSA) is 67.8 Å². The summed E-state index contributed by atoms with van der Waals surface area (Å²) in [5.41, 5.74) is 1.07. The minimum absolute atomic E-state index is 0.199. The van der Waals surface area contributed by atoms with Crippen LogP contribution in [-0.2, 0) is 6.42 Å². The van der Waals surface area contributed by atoms with Crippen molar-refractivity contribution >= 4 is 6.03 Å². The van der Waals surface area contributed by atoms with Crippen molar-refractivity contribution in [3.8, 4) is 0 Å². The number of nitrogens with zero attached hydrogens (tertiary/aromatic N) is 2. The second kappa shape index (κ2) is 7.77. The van der Waals surface area contributed by atoms with E-state index in [9.17, 15) is 9.90 Å². The number of benzene rings is 1. The fourth-order valence-electron chi connectivity index (χ4n) is 3.36. The van der Waals surface area contributed by atoms with Crippen LogP contribution < -0.4 is 10.6 Å². The molecule has 3 heterocycles. The van der Waals surface area contributed by atoms with Gasteiger partial charge in [-0.1, -0.05) is 30.3 Å². The van der Waals surface area contributed by atoms with Crippen molar-refractivity contribution in [3.05, 3.63) is 35.9 Å². The Labute approximate surface area is 137 Å². The molecular formula is C17H26N4O2. The summed E-state index contributed by atoms with van der Waals surface area (Å²) in [6, 6.07) is 10.0. The number of aliphatic hydroxyl groups is 1. The Hall–Kier alpha value is -1.63. The van der Waals surface area contributed by atoms with Gasteiger partial charge in [0.15, 0.2) is 0 Å². The van der Waals surface area contributed by atoms with Crippen molar-refractivity contribution in [2.45, 2.75) is 18.6 Å². The molecule has 2 unspecified atom stereocenters. The van der Waals surface area contributed by atoms with Gasteiger partial charge in [-0.2, -0.15) is 0 Å². The highest BCUT2D eigenvalue weighted by atomic mass is 16.3. The van der Waals surface area contributed by atoms with E-state index in [0.717, 1.165) is 38.3 Å². The Morgan fingerprint density at radius 1 is 1.17 bits per heavy atom. The molecule has 3 N–H and O–H groups in total. The van der Waals surface area contributed by atoms with Gasteiger partial charge in [0, 0.05) is 58.3 Å². The molecular weight excluding hydrogens is 292 g/mol. The number of aliphatic hydroxyl groups excluding tert-OH is 1. The predicted molar refractivity (Wildman–Crippen MR) is 89.4 cm³/mol. The highest BCUT2D eigenvalue weighted by Crippen LogP contribution is 2.14. The van der Waals surface area contributed by atoms with E-state index in [1.54, 1.807) is 0 Å². The van der Waals surface area contributed by atoms with Gasteiger partial charge in [-0.05, 0) is 5.56 Å². The van der Waals surface area contributed by atoms with Crippen LogP contribution >= 0.6 is 0 Å². The maximum atomic E-state index is 11.9. The number of hydrogen-bond donors (Lipinski definition) is 3. The lowest BCUT2D eigenvalue weighted by Gasteiger charge is -2.47. The molecule has 0 saturated carbocycles. The quantitative estimate of drug-likeness (QED) is 0.685. The molecule has 3 aliphatic rings. The van der Waals surface area contributed by atoms with Gasteiger partial charge in [0.2, 0.25) is 0 Å². The van der Waals surface area contributed by atoms with Gasteiger partial charge in [-0.3, -0.25) is 9.80 Å². The van der Waals surface area contributed by atoms with Crippen LogP contribution in [0.25, 0.3) is 0 Å². The first-order valence-electron chi connectivity index (χ1n) is 8.41. The number of nitrogens with one attached hydrogen (secondary N) is 2. The SMILES string of the molecule is O=C(NCC(O)Cc1ccccc1)NCC1CN2CCN1CC2. The lowest BCUT2D eigenvalue weighted by Crippen LogP contribution is -2.63. The molecule has 23 heavy (non-hydrogen) atoms. The van der Waals surface area contributed by atoms with E-state index in [4.69, 9.17) is 0 Å². The molecule has 3 saturated heterocycles. The highest BCUT2D eigenvalue weighted by Gasteiger charge is 2.31. The van der Waals surface area contributed by atoms with E-state index in [2.05, 4.69) is 20.4 Å². The van der Waals surface area contributed by atoms with Gasteiger partial charge in [0.1, 0.15) is 0 Å². The molecule has 3 fully saturated rings. The van der Waals surface area contributed by atoms with Crippen molar-refractivity contribution in [1.82, 2.24) is 20.4 Å². The molecule has 3 aliphatic heterocycles. The van der Waals surface area contributed by atoms with Crippen molar-refractivity contribution < 1.29 is 9.90 Å². The summed E-state index contributed by atoms with van der Waals surface area (Å²) in [6.07, 6.45) is -0.0179. The van der Waals surface area contributed by atoms with Gasteiger partial charge in [0.25, 0.3) is 0 Å². The summed E-state index contributed by atoms with van der Waals surface area (Å²) in [5, 5.41) is 15.7. The summed E-state index contributed by atoms with van der Waals surface area (Å²) in [4.78, 5) is 16.8. The zero-order valence-electron chi connectivity index (χ0n) is 13.4. The normalized spacial score (nSPS) is 27.4. The maximum absolute atomic E-state index is 11.9. The minimum atomic E-state index is -0.566. The molecule has 0 radical (unpaired) electrons. The summed E-state index contributed by atoms with van der Waals surface area (Å²) >= 11 is 0. The molecule has 126 valence electrons. The van der Waals surface area contributed by atoms with Crippen molar-refractivity contribution in [2.24, 2.45) is 0 Å². The van der Waals surface area contributed by atoms with Crippen LogP contribution in [-0.4, -0.2) is 78.9 Å². The van der Waals surface area contributed by atoms with Gasteiger partial charge in [-0.15, -0.1) is 0 Å². The van der Waals surface area contributed by atoms with Crippen molar-refractivity contribution in [2.75, 3.05) is 45.8 Å². The van der Waals surface area contributed by atoms with Crippen LogP contribution in [0.4, 0.5) is 4.79 Å². The maximum Gasteiger partial charge on any atom is 0.314 e. The first-order chi connectivity index (χ1) is 11.2. The average Bonchev–Trinajstić information content (AvgIpc) is 2.60. The number of hydrogen-bond acceptors (Lipinski definition) is 4. The third kappa shape index (κ3) is 4.67. The number of rotatable bonds is 6. The molecule has 1 aromatic carbocycles. The molecule has 6 nitrogen and oxygen atoms in total.